The van der Waals surface area contributed by atoms with E-state index in [-0.39, 0.29) is 5.91 Å². The molecule has 0 aromatic heterocycles. The SMILES string of the molecule is Cc1ccc(C(C)C)cc1O[C@H](C)C(=O)N1CC[C@@H](CN)C1. The molecule has 0 saturated carbocycles. The number of nitrogens with two attached hydrogens (primary N) is 1. The van der Waals surface area contributed by atoms with Gasteiger partial charge in [-0.15, -0.1) is 0 Å². The number of hydrogen-bond donors (Lipinski definition) is 1. The molecule has 22 heavy (non-hydrogen) atoms. The predicted molar refractivity (Wildman–Crippen MR) is 89.1 cm³/mol. The first-order chi connectivity index (χ1) is 10.4. The number of rotatable bonds is 5. The summed E-state index contributed by atoms with van der Waals surface area (Å²) in [5.74, 6) is 1.74. The Hall–Kier alpha value is -1.55. The van der Waals surface area contributed by atoms with E-state index >= 15 is 0 Å². The highest BCUT2D eigenvalue weighted by atomic mass is 16.5. The van der Waals surface area contributed by atoms with Crippen LogP contribution in [-0.4, -0.2) is 36.5 Å². The third kappa shape index (κ3) is 3.80. The van der Waals surface area contributed by atoms with E-state index in [0.717, 1.165) is 30.8 Å². The van der Waals surface area contributed by atoms with Gasteiger partial charge in [-0.25, -0.2) is 0 Å². The van der Waals surface area contributed by atoms with Crippen LogP contribution in [0, 0.1) is 12.8 Å². The molecule has 0 bridgehead atoms. The van der Waals surface area contributed by atoms with Crippen molar-refractivity contribution >= 4 is 5.91 Å². The Balaban J connectivity index is 2.04. The first-order valence-corrected chi connectivity index (χ1v) is 8.18. The van der Waals surface area contributed by atoms with Crippen molar-refractivity contribution in [1.82, 2.24) is 4.90 Å². The number of benzene rings is 1. The van der Waals surface area contributed by atoms with E-state index in [9.17, 15) is 4.79 Å². The van der Waals surface area contributed by atoms with Gasteiger partial charge in [-0.1, -0.05) is 26.0 Å². The number of ether oxygens (including phenoxy) is 1. The van der Waals surface area contributed by atoms with E-state index < -0.39 is 6.10 Å². The smallest absolute Gasteiger partial charge is 0.263 e. The molecule has 1 heterocycles. The summed E-state index contributed by atoms with van der Waals surface area (Å²) in [6, 6.07) is 6.23. The third-order valence-electron chi connectivity index (χ3n) is 4.46. The third-order valence-corrected chi connectivity index (χ3v) is 4.46. The lowest BCUT2D eigenvalue weighted by Gasteiger charge is -2.23. The van der Waals surface area contributed by atoms with Crippen LogP contribution in [0.5, 0.6) is 5.75 Å². The number of carbonyl (C=O) groups is 1. The fraction of sp³-hybridized carbons (Fsp3) is 0.611. The first-order valence-electron chi connectivity index (χ1n) is 8.18. The molecule has 1 aliphatic heterocycles. The van der Waals surface area contributed by atoms with E-state index in [2.05, 4.69) is 32.0 Å². The van der Waals surface area contributed by atoms with Crippen LogP contribution in [0.3, 0.4) is 0 Å². The van der Waals surface area contributed by atoms with Crippen molar-refractivity contribution in [3.05, 3.63) is 29.3 Å². The van der Waals surface area contributed by atoms with Gasteiger partial charge in [-0.05, 0) is 55.8 Å². The molecule has 2 N–H and O–H groups in total. The topological polar surface area (TPSA) is 55.6 Å². The van der Waals surface area contributed by atoms with Crippen molar-refractivity contribution in [2.24, 2.45) is 11.7 Å². The minimum atomic E-state index is -0.461. The van der Waals surface area contributed by atoms with E-state index in [1.165, 1.54) is 5.56 Å². The van der Waals surface area contributed by atoms with Gasteiger partial charge >= 0.3 is 0 Å². The Morgan fingerprint density at radius 1 is 1.41 bits per heavy atom. The molecule has 1 saturated heterocycles. The highest BCUT2D eigenvalue weighted by Gasteiger charge is 2.29. The number of nitrogens with zero attached hydrogens (tertiary/aromatic N) is 1. The molecular formula is C18H28N2O2. The van der Waals surface area contributed by atoms with Gasteiger partial charge in [0.1, 0.15) is 5.75 Å². The summed E-state index contributed by atoms with van der Waals surface area (Å²) in [5, 5.41) is 0. The summed E-state index contributed by atoms with van der Waals surface area (Å²) in [5.41, 5.74) is 7.98. The molecule has 2 atom stereocenters. The molecule has 1 aromatic rings. The van der Waals surface area contributed by atoms with Crippen LogP contribution in [0.25, 0.3) is 0 Å². The normalized spacial score (nSPS) is 19.5. The minimum absolute atomic E-state index is 0.0605. The van der Waals surface area contributed by atoms with E-state index in [1.54, 1.807) is 0 Å². The van der Waals surface area contributed by atoms with Gasteiger partial charge in [-0.3, -0.25) is 4.79 Å². The molecule has 0 unspecified atom stereocenters. The van der Waals surface area contributed by atoms with Gasteiger partial charge < -0.3 is 15.4 Å². The Kier molecular flexibility index (Phi) is 5.46. The molecule has 4 nitrogen and oxygen atoms in total. The van der Waals surface area contributed by atoms with E-state index in [1.807, 2.05) is 18.7 Å². The van der Waals surface area contributed by atoms with Crippen molar-refractivity contribution in [3.8, 4) is 5.75 Å². The molecule has 0 aliphatic carbocycles. The summed E-state index contributed by atoms with van der Waals surface area (Å²) >= 11 is 0. The number of hydrogen-bond acceptors (Lipinski definition) is 3. The van der Waals surface area contributed by atoms with Crippen LogP contribution < -0.4 is 10.5 Å². The van der Waals surface area contributed by atoms with Gasteiger partial charge in [-0.2, -0.15) is 0 Å². The summed E-state index contributed by atoms with van der Waals surface area (Å²) in [6.07, 6.45) is 0.536. The monoisotopic (exact) mass is 304 g/mol. The fourth-order valence-corrected chi connectivity index (χ4v) is 2.83. The highest BCUT2D eigenvalue weighted by Crippen LogP contribution is 2.26. The lowest BCUT2D eigenvalue weighted by Crippen LogP contribution is -2.39. The summed E-state index contributed by atoms with van der Waals surface area (Å²) in [6.45, 7) is 10.3. The summed E-state index contributed by atoms with van der Waals surface area (Å²) in [4.78, 5) is 14.4. The molecule has 2 rings (SSSR count). The van der Waals surface area contributed by atoms with Gasteiger partial charge in [0.2, 0.25) is 0 Å². The zero-order valence-corrected chi connectivity index (χ0v) is 14.1. The van der Waals surface area contributed by atoms with Crippen LogP contribution in [0.1, 0.15) is 44.2 Å². The number of likely N-dealkylation sites (tertiary alicyclic amines) is 1. The van der Waals surface area contributed by atoms with Crippen molar-refractivity contribution in [2.45, 2.75) is 46.1 Å². The van der Waals surface area contributed by atoms with Crippen LogP contribution in [0.2, 0.25) is 0 Å². The van der Waals surface area contributed by atoms with Gasteiger partial charge in [0, 0.05) is 13.1 Å². The zero-order valence-electron chi connectivity index (χ0n) is 14.1. The van der Waals surface area contributed by atoms with Gasteiger partial charge in [0.05, 0.1) is 0 Å². The number of carbonyl (C=O) groups excluding carboxylic acids is 1. The lowest BCUT2D eigenvalue weighted by molar-refractivity contribution is -0.137. The van der Waals surface area contributed by atoms with Gasteiger partial charge in [0.25, 0.3) is 5.91 Å². The quantitative estimate of drug-likeness (QED) is 0.910. The maximum Gasteiger partial charge on any atom is 0.263 e. The molecule has 122 valence electrons. The predicted octanol–water partition coefficient (Wildman–Crippen LogP) is 2.69. The molecule has 1 amide bonds. The summed E-state index contributed by atoms with van der Waals surface area (Å²) < 4.78 is 5.96. The largest absolute Gasteiger partial charge is 0.481 e. The second-order valence-corrected chi connectivity index (χ2v) is 6.61. The molecule has 1 aromatic carbocycles. The average molecular weight is 304 g/mol. The van der Waals surface area contributed by atoms with Crippen molar-refractivity contribution < 1.29 is 9.53 Å². The van der Waals surface area contributed by atoms with Gasteiger partial charge in [0.15, 0.2) is 6.10 Å². The van der Waals surface area contributed by atoms with Crippen LogP contribution in [-0.2, 0) is 4.79 Å². The van der Waals surface area contributed by atoms with Crippen LogP contribution in [0.4, 0.5) is 0 Å². The van der Waals surface area contributed by atoms with E-state index in [4.69, 9.17) is 10.5 Å². The van der Waals surface area contributed by atoms with Crippen molar-refractivity contribution in [2.75, 3.05) is 19.6 Å². The minimum Gasteiger partial charge on any atom is -0.481 e. The first kappa shape index (κ1) is 16.8. The average Bonchev–Trinajstić information content (AvgIpc) is 2.97. The molecule has 0 spiro atoms. The second kappa shape index (κ2) is 7.14. The molecule has 0 radical (unpaired) electrons. The standard InChI is InChI=1S/C18H28N2O2/c1-12(2)16-6-5-13(3)17(9-16)22-14(4)18(21)20-8-7-15(10-19)11-20/h5-6,9,12,14-15H,7-8,10-11,19H2,1-4H3/t14-,15+/m1/s1. The molecular weight excluding hydrogens is 276 g/mol. The zero-order chi connectivity index (χ0) is 16.3. The molecule has 1 fully saturated rings. The number of amides is 1. The summed E-state index contributed by atoms with van der Waals surface area (Å²) in [7, 11) is 0. The number of aryl methyl sites for hydroxylation is 1. The highest BCUT2D eigenvalue weighted by molar-refractivity contribution is 5.81. The Morgan fingerprint density at radius 2 is 2.14 bits per heavy atom. The maximum atomic E-state index is 12.5. The fourth-order valence-electron chi connectivity index (χ4n) is 2.83. The van der Waals surface area contributed by atoms with Crippen molar-refractivity contribution in [1.29, 1.82) is 0 Å². The Bertz CT molecular complexity index is 528. The Labute approximate surface area is 133 Å². The Morgan fingerprint density at radius 3 is 2.73 bits per heavy atom. The molecule has 1 aliphatic rings. The van der Waals surface area contributed by atoms with Crippen molar-refractivity contribution in [3.63, 3.8) is 0 Å². The van der Waals surface area contributed by atoms with Crippen LogP contribution in [0.15, 0.2) is 18.2 Å². The molecule has 4 heteroatoms. The second-order valence-electron chi connectivity index (χ2n) is 6.61. The maximum absolute atomic E-state index is 12.5. The van der Waals surface area contributed by atoms with Crippen LogP contribution >= 0.6 is 0 Å². The van der Waals surface area contributed by atoms with E-state index in [0.29, 0.717) is 18.4 Å². The lowest BCUT2D eigenvalue weighted by atomic mass is 10.0.